The van der Waals surface area contributed by atoms with Crippen LogP contribution in [0.3, 0.4) is 0 Å². The summed E-state index contributed by atoms with van der Waals surface area (Å²) in [5.41, 5.74) is 10.9. The van der Waals surface area contributed by atoms with E-state index in [1.807, 2.05) is 0 Å². The average molecular weight is 247 g/mol. The molecule has 5 nitrogen and oxygen atoms in total. The van der Waals surface area contributed by atoms with Gasteiger partial charge in [0.2, 0.25) is 5.88 Å². The lowest BCUT2D eigenvalue weighted by Gasteiger charge is -2.07. The lowest BCUT2D eigenvalue weighted by Crippen LogP contribution is -2.14. The zero-order valence-corrected chi connectivity index (χ0v) is 9.26. The van der Waals surface area contributed by atoms with Gasteiger partial charge in [0.05, 0.1) is 17.4 Å². The monoisotopic (exact) mass is 247 g/mol. The molecule has 0 aliphatic rings. The number of pyridine rings is 1. The summed E-state index contributed by atoms with van der Waals surface area (Å²) in [4.78, 5) is 14.9. The third-order valence-corrected chi connectivity index (χ3v) is 2.23. The highest BCUT2D eigenvalue weighted by Crippen LogP contribution is 2.24. The van der Waals surface area contributed by atoms with Crippen molar-refractivity contribution in [3.8, 4) is 11.6 Å². The first-order valence-electron chi connectivity index (χ1n) is 5.05. The molecule has 0 aliphatic carbocycles. The van der Waals surface area contributed by atoms with Gasteiger partial charge in [0, 0.05) is 6.07 Å². The lowest BCUT2D eigenvalue weighted by atomic mass is 10.2. The second kappa shape index (κ2) is 4.70. The Labute approximate surface area is 102 Å². The average Bonchev–Trinajstić information content (AvgIpc) is 2.34. The number of carbonyl (C=O) groups is 1. The number of carbonyl (C=O) groups excluding carboxylic acids is 1. The van der Waals surface area contributed by atoms with E-state index in [1.54, 1.807) is 6.07 Å². The molecule has 2 rings (SSSR count). The van der Waals surface area contributed by atoms with Gasteiger partial charge in [0.1, 0.15) is 0 Å². The Morgan fingerprint density at radius 3 is 2.72 bits per heavy atom. The van der Waals surface area contributed by atoms with Crippen molar-refractivity contribution in [3.63, 3.8) is 0 Å². The van der Waals surface area contributed by atoms with Crippen molar-refractivity contribution in [1.29, 1.82) is 0 Å². The molecule has 1 aromatic carbocycles. The van der Waals surface area contributed by atoms with Crippen LogP contribution in [0.25, 0.3) is 0 Å². The van der Waals surface area contributed by atoms with E-state index in [4.69, 9.17) is 16.2 Å². The van der Waals surface area contributed by atoms with Crippen molar-refractivity contribution < 1.29 is 13.9 Å². The minimum Gasteiger partial charge on any atom is -0.436 e. The molecule has 1 heterocycles. The maximum Gasteiger partial charge on any atom is 0.251 e. The maximum atomic E-state index is 13.3. The quantitative estimate of drug-likeness (QED) is 0.863. The number of hydrogen-bond donors (Lipinski definition) is 2. The lowest BCUT2D eigenvalue weighted by molar-refractivity contribution is 0.100. The van der Waals surface area contributed by atoms with Gasteiger partial charge in [-0.05, 0) is 12.1 Å². The van der Waals surface area contributed by atoms with Crippen LogP contribution in [0.2, 0.25) is 0 Å². The molecule has 0 aliphatic heterocycles. The number of anilines is 1. The highest BCUT2D eigenvalue weighted by atomic mass is 19.1. The number of hydrogen-bond acceptors (Lipinski definition) is 4. The number of rotatable bonds is 3. The zero-order chi connectivity index (χ0) is 13.1. The first-order valence-corrected chi connectivity index (χ1v) is 5.05. The van der Waals surface area contributed by atoms with Gasteiger partial charge < -0.3 is 16.2 Å². The number of benzene rings is 1. The predicted molar refractivity (Wildman–Crippen MR) is 63.6 cm³/mol. The van der Waals surface area contributed by atoms with Crippen molar-refractivity contribution in [2.45, 2.75) is 0 Å². The Morgan fingerprint density at radius 2 is 2.06 bits per heavy atom. The molecular formula is C12H10FN3O2. The molecule has 0 spiro atoms. The maximum absolute atomic E-state index is 13.3. The topological polar surface area (TPSA) is 91.2 Å². The third kappa shape index (κ3) is 2.37. The number of para-hydroxylation sites is 1. The van der Waals surface area contributed by atoms with Crippen LogP contribution in [0.5, 0.6) is 11.6 Å². The molecule has 1 aromatic heterocycles. The molecule has 18 heavy (non-hydrogen) atoms. The molecule has 0 unspecified atom stereocenters. The van der Waals surface area contributed by atoms with E-state index in [1.165, 1.54) is 30.5 Å². The van der Waals surface area contributed by atoms with Crippen LogP contribution in [0.4, 0.5) is 10.1 Å². The van der Waals surface area contributed by atoms with Crippen LogP contribution < -0.4 is 16.2 Å². The fourth-order valence-electron chi connectivity index (χ4n) is 1.36. The van der Waals surface area contributed by atoms with Crippen molar-refractivity contribution >= 4 is 11.6 Å². The first-order chi connectivity index (χ1) is 8.58. The van der Waals surface area contributed by atoms with Crippen LogP contribution in [-0.2, 0) is 0 Å². The number of ether oxygens (including phenoxy) is 1. The molecule has 2 aromatic rings. The summed E-state index contributed by atoms with van der Waals surface area (Å²) in [6, 6.07) is 7.11. The van der Waals surface area contributed by atoms with E-state index < -0.39 is 11.7 Å². The molecule has 0 atom stereocenters. The van der Waals surface area contributed by atoms with Crippen molar-refractivity contribution in [3.05, 3.63) is 47.9 Å². The number of nitrogens with two attached hydrogens (primary N) is 2. The molecule has 6 heteroatoms. The van der Waals surface area contributed by atoms with E-state index in [9.17, 15) is 9.18 Å². The fraction of sp³-hybridized carbons (Fsp3) is 0. The number of nitrogens with zero attached hydrogens (tertiary/aromatic N) is 1. The van der Waals surface area contributed by atoms with Crippen LogP contribution in [0.15, 0.2) is 36.5 Å². The molecule has 92 valence electrons. The Bertz CT molecular complexity index is 602. The zero-order valence-electron chi connectivity index (χ0n) is 9.26. The van der Waals surface area contributed by atoms with Crippen LogP contribution >= 0.6 is 0 Å². The third-order valence-electron chi connectivity index (χ3n) is 2.23. The van der Waals surface area contributed by atoms with Gasteiger partial charge in [-0.25, -0.2) is 9.37 Å². The van der Waals surface area contributed by atoms with Gasteiger partial charge >= 0.3 is 0 Å². The number of nitrogen functional groups attached to an aromatic ring is 1. The second-order valence-corrected chi connectivity index (χ2v) is 3.51. The van der Waals surface area contributed by atoms with Crippen molar-refractivity contribution in [2.75, 3.05) is 5.73 Å². The summed E-state index contributed by atoms with van der Waals surface area (Å²) in [6.45, 7) is 0. The number of aromatic nitrogens is 1. The number of amides is 1. The summed E-state index contributed by atoms with van der Waals surface area (Å²) < 4.78 is 18.6. The van der Waals surface area contributed by atoms with Crippen LogP contribution in [-0.4, -0.2) is 10.9 Å². The van der Waals surface area contributed by atoms with E-state index in [0.29, 0.717) is 0 Å². The minimum atomic E-state index is -0.701. The van der Waals surface area contributed by atoms with Crippen LogP contribution in [0.1, 0.15) is 10.4 Å². The Balaban J connectivity index is 2.33. The molecule has 0 bridgehead atoms. The molecule has 1 amide bonds. The van der Waals surface area contributed by atoms with Crippen molar-refractivity contribution in [2.24, 2.45) is 5.73 Å². The summed E-state index contributed by atoms with van der Waals surface area (Å²) in [5.74, 6) is -1.18. The van der Waals surface area contributed by atoms with Gasteiger partial charge in [0.15, 0.2) is 11.6 Å². The number of primary amides is 1. The van der Waals surface area contributed by atoms with Crippen molar-refractivity contribution in [1.82, 2.24) is 4.98 Å². The smallest absolute Gasteiger partial charge is 0.251 e. The Kier molecular flexibility index (Phi) is 3.09. The molecule has 0 radical (unpaired) electrons. The molecule has 0 saturated carbocycles. The Morgan fingerprint density at radius 1 is 1.33 bits per heavy atom. The Hall–Kier alpha value is -2.63. The fourth-order valence-corrected chi connectivity index (χ4v) is 1.36. The molecule has 4 N–H and O–H groups in total. The second-order valence-electron chi connectivity index (χ2n) is 3.51. The van der Waals surface area contributed by atoms with E-state index in [0.717, 1.165) is 0 Å². The van der Waals surface area contributed by atoms with E-state index in [2.05, 4.69) is 4.98 Å². The van der Waals surface area contributed by atoms with E-state index in [-0.39, 0.29) is 22.9 Å². The summed E-state index contributed by atoms with van der Waals surface area (Å²) >= 11 is 0. The SMILES string of the molecule is NC(=O)c1cc(Oc2ccccc2F)ncc1N. The molecule has 0 saturated heterocycles. The summed E-state index contributed by atoms with van der Waals surface area (Å²) in [5, 5.41) is 0. The standard InChI is InChI=1S/C12H10FN3O2/c13-8-3-1-2-4-10(8)18-11-5-7(12(15)17)9(14)6-16-11/h1-6H,14H2,(H2,15,17). The predicted octanol–water partition coefficient (Wildman–Crippen LogP) is 1.69. The van der Waals surface area contributed by atoms with E-state index >= 15 is 0 Å². The summed E-state index contributed by atoms with van der Waals surface area (Å²) in [6.07, 6.45) is 1.23. The number of halogens is 1. The van der Waals surface area contributed by atoms with Crippen LogP contribution in [0, 0.1) is 5.82 Å². The van der Waals surface area contributed by atoms with Gasteiger partial charge in [0.25, 0.3) is 5.91 Å². The normalized spacial score (nSPS) is 10.1. The highest BCUT2D eigenvalue weighted by molar-refractivity contribution is 5.98. The molecule has 0 fully saturated rings. The largest absolute Gasteiger partial charge is 0.436 e. The molecular weight excluding hydrogens is 237 g/mol. The van der Waals surface area contributed by atoms with Gasteiger partial charge in [-0.15, -0.1) is 0 Å². The minimum absolute atomic E-state index is 0.00481. The van der Waals surface area contributed by atoms with Gasteiger partial charge in [-0.3, -0.25) is 4.79 Å². The van der Waals surface area contributed by atoms with Gasteiger partial charge in [-0.1, -0.05) is 12.1 Å². The first kappa shape index (κ1) is 11.8. The summed E-state index contributed by atoms with van der Waals surface area (Å²) in [7, 11) is 0. The highest BCUT2D eigenvalue weighted by Gasteiger charge is 2.10. The van der Waals surface area contributed by atoms with Gasteiger partial charge in [-0.2, -0.15) is 0 Å².